The second-order valence-electron chi connectivity index (χ2n) is 18.6. The molecule has 0 saturated carbocycles. The molecule has 16 rings (SSSR count). The summed E-state index contributed by atoms with van der Waals surface area (Å²) in [5, 5.41) is 9.04. The highest BCUT2D eigenvalue weighted by Gasteiger charge is 2.30. The Labute approximate surface area is 412 Å². The van der Waals surface area contributed by atoms with Crippen LogP contribution in [0.3, 0.4) is 0 Å². The quantitative estimate of drug-likeness (QED) is 0.164. The third kappa shape index (κ3) is 5.51. The molecule has 11 aromatic carbocycles. The molecule has 336 valence electrons. The maximum Gasteiger partial charge on any atom is 0.153 e. The maximum atomic E-state index is 6.82. The first-order valence-electron chi connectivity index (χ1n) is 24.2. The van der Waals surface area contributed by atoms with Crippen molar-refractivity contribution in [3.63, 3.8) is 0 Å². The van der Waals surface area contributed by atoms with Gasteiger partial charge in [0.2, 0.25) is 0 Å². The summed E-state index contributed by atoms with van der Waals surface area (Å²) >= 11 is 0. The summed E-state index contributed by atoms with van der Waals surface area (Å²) in [5.41, 5.74) is 14.2. The highest BCUT2D eigenvalue weighted by molar-refractivity contribution is 6.24. The van der Waals surface area contributed by atoms with Crippen LogP contribution in [0.25, 0.3) is 87.6 Å². The molecule has 3 aromatic heterocycles. The van der Waals surface area contributed by atoms with Crippen molar-refractivity contribution in [3.05, 3.63) is 231 Å². The minimum Gasteiger partial charge on any atom is -0.453 e. The molecule has 0 spiro atoms. The van der Waals surface area contributed by atoms with Crippen molar-refractivity contribution in [1.82, 2.24) is 19.1 Å². The molecule has 0 unspecified atom stereocenters. The summed E-state index contributed by atoms with van der Waals surface area (Å²) in [6, 6.07) is 77.5. The van der Waals surface area contributed by atoms with Gasteiger partial charge in [0, 0.05) is 68.2 Å². The highest BCUT2D eigenvalue weighted by Crippen LogP contribution is 2.54. The molecule has 5 heterocycles. The van der Waals surface area contributed by atoms with Gasteiger partial charge in [-0.2, -0.15) is 0 Å². The zero-order chi connectivity index (χ0) is 47.0. The van der Waals surface area contributed by atoms with Gasteiger partial charge in [-0.1, -0.05) is 109 Å². The van der Waals surface area contributed by atoms with Crippen molar-refractivity contribution in [2.75, 3.05) is 9.80 Å². The van der Waals surface area contributed by atoms with Gasteiger partial charge < -0.3 is 28.4 Å². The van der Waals surface area contributed by atoms with Gasteiger partial charge in [0.25, 0.3) is 0 Å². The van der Waals surface area contributed by atoms with E-state index in [2.05, 4.69) is 213 Å². The van der Waals surface area contributed by atoms with Crippen molar-refractivity contribution < 1.29 is 9.47 Å². The van der Waals surface area contributed by atoms with Crippen LogP contribution in [0, 0.1) is 0 Å². The monoisotopic (exact) mass is 922 g/mol. The Morgan fingerprint density at radius 2 is 0.611 bits per heavy atom. The molecular weight excluding hydrogens is 885 g/mol. The minimum absolute atomic E-state index is 0.774. The van der Waals surface area contributed by atoms with Crippen molar-refractivity contribution in [1.29, 1.82) is 0 Å². The number of ether oxygens (including phenoxy) is 2. The normalized spacial score (nSPS) is 12.9. The molecule has 0 radical (unpaired) electrons. The van der Waals surface area contributed by atoms with E-state index in [9.17, 15) is 0 Å². The van der Waals surface area contributed by atoms with E-state index in [1.54, 1.807) is 12.4 Å². The summed E-state index contributed by atoms with van der Waals surface area (Å²) in [5.74, 6) is 3.12. The lowest BCUT2D eigenvalue weighted by molar-refractivity contribution is 0.476. The number of anilines is 6. The molecule has 2 aliphatic rings. The molecule has 0 saturated heterocycles. The standard InChI is InChI=1S/C64H38N6O2/c1-5-17-51-43(13-1)44-14-2-6-18-52(44)67(51)41-27-31-57-61(37-41)71-59-23-11-9-21-55(59)69(57)39-25-29-47-49(35-39)50-36-40(26-30-48(50)64-63(47)65-33-34-66-64)70-56-22-10-12-24-60(56)72-62-38-42(28-32-58(62)70)68-53-19-7-3-15-45(53)46-16-4-8-20-54(46)68/h1-38H. The van der Waals surface area contributed by atoms with Crippen LogP contribution >= 0.6 is 0 Å². The highest BCUT2D eigenvalue weighted by atomic mass is 16.5. The van der Waals surface area contributed by atoms with E-state index in [1.165, 1.54) is 21.5 Å². The molecule has 0 amide bonds. The number of para-hydroxylation sites is 8. The summed E-state index contributed by atoms with van der Waals surface area (Å²) in [6.07, 6.45) is 3.57. The predicted molar refractivity (Wildman–Crippen MR) is 293 cm³/mol. The van der Waals surface area contributed by atoms with Crippen LogP contribution in [0.15, 0.2) is 231 Å². The van der Waals surface area contributed by atoms with Gasteiger partial charge in [-0.15, -0.1) is 0 Å². The summed E-state index contributed by atoms with van der Waals surface area (Å²) in [7, 11) is 0. The van der Waals surface area contributed by atoms with Gasteiger partial charge in [-0.05, 0) is 108 Å². The molecule has 0 fully saturated rings. The molecule has 2 aliphatic heterocycles. The SMILES string of the molecule is c1ccc2c(c1)Oc1cc(-n3c4ccccc4c4ccccc43)ccc1N2c1ccc2c(c1)c1cc(N3c4ccccc4Oc4cc(-n5c6ccccc6c6ccccc65)ccc43)ccc1c1nccnc21. The molecule has 14 aromatic rings. The zero-order valence-corrected chi connectivity index (χ0v) is 38.4. The average Bonchev–Trinajstić information content (AvgIpc) is 3.96. The average molecular weight is 923 g/mol. The second kappa shape index (κ2) is 14.8. The lowest BCUT2D eigenvalue weighted by Gasteiger charge is -2.34. The van der Waals surface area contributed by atoms with Crippen LogP contribution in [0.5, 0.6) is 23.0 Å². The third-order valence-corrected chi connectivity index (χ3v) is 14.7. The first kappa shape index (κ1) is 39.0. The molecular formula is C64H38N6O2. The van der Waals surface area contributed by atoms with Crippen LogP contribution in [0.2, 0.25) is 0 Å². The fourth-order valence-corrected chi connectivity index (χ4v) is 11.7. The van der Waals surface area contributed by atoms with Crippen LogP contribution in [-0.2, 0) is 0 Å². The fraction of sp³-hybridized carbons (Fsp3) is 0. The molecule has 0 bridgehead atoms. The van der Waals surface area contributed by atoms with Crippen LogP contribution in [0.4, 0.5) is 34.1 Å². The Morgan fingerprint density at radius 3 is 1.03 bits per heavy atom. The molecule has 0 N–H and O–H groups in total. The number of hydrogen-bond donors (Lipinski definition) is 0. The van der Waals surface area contributed by atoms with Gasteiger partial charge in [-0.3, -0.25) is 9.97 Å². The van der Waals surface area contributed by atoms with Crippen LogP contribution < -0.4 is 19.3 Å². The molecule has 8 heteroatoms. The Balaban J connectivity index is 0.878. The van der Waals surface area contributed by atoms with Crippen molar-refractivity contribution in [2.24, 2.45) is 0 Å². The maximum absolute atomic E-state index is 6.82. The molecule has 72 heavy (non-hydrogen) atoms. The van der Waals surface area contributed by atoms with E-state index in [0.29, 0.717) is 0 Å². The van der Waals surface area contributed by atoms with E-state index < -0.39 is 0 Å². The number of rotatable bonds is 4. The number of fused-ring (bicyclic) bond motifs is 16. The van der Waals surface area contributed by atoms with Crippen LogP contribution in [0.1, 0.15) is 0 Å². The van der Waals surface area contributed by atoms with Gasteiger partial charge >= 0.3 is 0 Å². The largest absolute Gasteiger partial charge is 0.453 e. The number of aromatic nitrogens is 4. The Hall–Kier alpha value is -9.92. The van der Waals surface area contributed by atoms with E-state index in [-0.39, 0.29) is 0 Å². The zero-order valence-electron chi connectivity index (χ0n) is 38.4. The van der Waals surface area contributed by atoms with Crippen molar-refractivity contribution >= 4 is 110 Å². The Kier molecular flexibility index (Phi) is 8.01. The lowest BCUT2D eigenvalue weighted by Crippen LogP contribution is -2.16. The summed E-state index contributed by atoms with van der Waals surface area (Å²) in [4.78, 5) is 14.6. The van der Waals surface area contributed by atoms with E-state index in [1.807, 2.05) is 24.3 Å². The first-order valence-corrected chi connectivity index (χ1v) is 24.2. The predicted octanol–water partition coefficient (Wildman–Crippen LogP) is 17.3. The smallest absolute Gasteiger partial charge is 0.153 e. The lowest BCUT2D eigenvalue weighted by atomic mass is 9.97. The van der Waals surface area contributed by atoms with Crippen LogP contribution in [-0.4, -0.2) is 19.1 Å². The minimum atomic E-state index is 0.774. The Bertz CT molecular complexity index is 4230. The number of nitrogens with zero attached hydrogens (tertiary/aromatic N) is 6. The molecule has 8 nitrogen and oxygen atoms in total. The molecule has 0 atom stereocenters. The fourth-order valence-electron chi connectivity index (χ4n) is 11.7. The van der Waals surface area contributed by atoms with Gasteiger partial charge in [0.1, 0.15) is 0 Å². The van der Waals surface area contributed by atoms with Crippen molar-refractivity contribution in [2.45, 2.75) is 0 Å². The second-order valence-corrected chi connectivity index (χ2v) is 18.6. The first-order chi connectivity index (χ1) is 35.7. The van der Waals surface area contributed by atoms with Gasteiger partial charge in [0.15, 0.2) is 23.0 Å². The van der Waals surface area contributed by atoms with Crippen molar-refractivity contribution in [3.8, 4) is 34.4 Å². The molecule has 0 aliphatic carbocycles. The topological polar surface area (TPSA) is 60.6 Å². The number of hydrogen-bond acceptors (Lipinski definition) is 6. The number of benzene rings is 11. The van der Waals surface area contributed by atoms with E-state index in [0.717, 1.165) is 123 Å². The van der Waals surface area contributed by atoms with E-state index in [4.69, 9.17) is 19.4 Å². The van der Waals surface area contributed by atoms with E-state index >= 15 is 0 Å². The summed E-state index contributed by atoms with van der Waals surface area (Å²) < 4.78 is 18.3. The van der Waals surface area contributed by atoms with Gasteiger partial charge in [0.05, 0.1) is 67.2 Å². The van der Waals surface area contributed by atoms with Gasteiger partial charge in [-0.25, -0.2) is 0 Å². The third-order valence-electron chi connectivity index (χ3n) is 14.7. The summed E-state index contributed by atoms with van der Waals surface area (Å²) in [6.45, 7) is 0. The Morgan fingerprint density at radius 1 is 0.264 bits per heavy atom.